The molecule has 1 heterocycles. The molecule has 0 aliphatic carbocycles. The van der Waals surface area contributed by atoms with Gasteiger partial charge in [0.15, 0.2) is 0 Å². The normalized spacial score (nSPS) is 14.3. The van der Waals surface area contributed by atoms with Crippen LogP contribution in [-0.4, -0.2) is 11.7 Å². The molecular weight excluding hydrogens is 238 g/mol. The summed E-state index contributed by atoms with van der Waals surface area (Å²) in [5.41, 5.74) is 3.79. The van der Waals surface area contributed by atoms with E-state index in [1.807, 2.05) is 12.1 Å². The summed E-state index contributed by atoms with van der Waals surface area (Å²) in [7, 11) is 0. The molecule has 2 aromatic rings. The number of aryl methyl sites for hydroxylation is 2. The van der Waals surface area contributed by atoms with Crippen molar-refractivity contribution >= 4 is 0 Å². The first-order valence-corrected chi connectivity index (χ1v) is 6.59. The average Bonchev–Trinajstić information content (AvgIpc) is 2.92. The smallest absolute Gasteiger partial charge is 0.123 e. The molecule has 2 atom stereocenters. The third kappa shape index (κ3) is 3.25. The maximum atomic E-state index is 9.47. The zero-order valence-corrected chi connectivity index (χ0v) is 11.7. The number of benzene rings is 1. The predicted molar refractivity (Wildman–Crippen MR) is 76.0 cm³/mol. The zero-order valence-electron chi connectivity index (χ0n) is 11.7. The van der Waals surface area contributed by atoms with Gasteiger partial charge in [0.25, 0.3) is 0 Å². The van der Waals surface area contributed by atoms with Crippen LogP contribution in [0.4, 0.5) is 0 Å². The van der Waals surface area contributed by atoms with Crippen LogP contribution in [0.5, 0.6) is 0 Å². The minimum atomic E-state index is -0.174. The molecule has 1 aromatic heterocycles. The highest BCUT2D eigenvalue weighted by atomic mass is 16.3. The number of nitrogens with one attached hydrogen (secondary N) is 1. The molecule has 0 amide bonds. The molecule has 0 radical (unpaired) electrons. The SMILES string of the molecule is Cc1ccc(C(C)NC(CO)c2ccco2)cc1C. The van der Waals surface area contributed by atoms with Crippen LogP contribution >= 0.6 is 0 Å². The lowest BCUT2D eigenvalue weighted by molar-refractivity contribution is 0.217. The summed E-state index contributed by atoms with van der Waals surface area (Å²) in [6.07, 6.45) is 1.63. The molecule has 2 rings (SSSR count). The zero-order chi connectivity index (χ0) is 13.8. The molecule has 0 saturated carbocycles. The Morgan fingerprint density at radius 1 is 1.21 bits per heavy atom. The summed E-state index contributed by atoms with van der Waals surface area (Å²) in [5.74, 6) is 0.762. The maximum absolute atomic E-state index is 9.47. The lowest BCUT2D eigenvalue weighted by atomic mass is 10.0. The van der Waals surface area contributed by atoms with E-state index >= 15 is 0 Å². The van der Waals surface area contributed by atoms with E-state index in [0.717, 1.165) is 5.76 Å². The number of aliphatic hydroxyl groups excluding tert-OH is 1. The lowest BCUT2D eigenvalue weighted by Gasteiger charge is -2.21. The monoisotopic (exact) mass is 259 g/mol. The van der Waals surface area contributed by atoms with E-state index in [-0.39, 0.29) is 18.7 Å². The summed E-state index contributed by atoms with van der Waals surface area (Å²) >= 11 is 0. The summed E-state index contributed by atoms with van der Waals surface area (Å²) < 4.78 is 5.34. The van der Waals surface area contributed by atoms with Crippen LogP contribution in [-0.2, 0) is 0 Å². The van der Waals surface area contributed by atoms with Gasteiger partial charge in [-0.25, -0.2) is 0 Å². The number of hydrogen-bond acceptors (Lipinski definition) is 3. The minimum Gasteiger partial charge on any atom is -0.468 e. The Labute approximate surface area is 114 Å². The second-order valence-corrected chi connectivity index (χ2v) is 4.98. The van der Waals surface area contributed by atoms with Gasteiger partial charge in [0, 0.05) is 6.04 Å². The number of aliphatic hydroxyl groups is 1. The van der Waals surface area contributed by atoms with Crippen molar-refractivity contribution in [2.45, 2.75) is 32.9 Å². The Morgan fingerprint density at radius 2 is 2.00 bits per heavy atom. The fourth-order valence-electron chi connectivity index (χ4n) is 2.15. The second-order valence-electron chi connectivity index (χ2n) is 4.98. The van der Waals surface area contributed by atoms with Crippen molar-refractivity contribution in [3.8, 4) is 0 Å². The van der Waals surface area contributed by atoms with Crippen LogP contribution in [0.25, 0.3) is 0 Å². The molecule has 2 unspecified atom stereocenters. The van der Waals surface area contributed by atoms with Crippen molar-refractivity contribution < 1.29 is 9.52 Å². The Hall–Kier alpha value is -1.58. The molecule has 0 fully saturated rings. The molecule has 0 bridgehead atoms. The van der Waals surface area contributed by atoms with E-state index in [4.69, 9.17) is 4.42 Å². The molecule has 2 N–H and O–H groups in total. The number of furan rings is 1. The average molecular weight is 259 g/mol. The van der Waals surface area contributed by atoms with Gasteiger partial charge >= 0.3 is 0 Å². The highest BCUT2D eigenvalue weighted by Crippen LogP contribution is 2.21. The molecule has 0 saturated heterocycles. The van der Waals surface area contributed by atoms with Gasteiger partial charge in [-0.1, -0.05) is 18.2 Å². The first kappa shape index (κ1) is 13.8. The largest absolute Gasteiger partial charge is 0.468 e. The van der Waals surface area contributed by atoms with Gasteiger partial charge in [0.05, 0.1) is 18.9 Å². The first-order valence-electron chi connectivity index (χ1n) is 6.59. The van der Waals surface area contributed by atoms with Gasteiger partial charge in [-0.15, -0.1) is 0 Å². The minimum absolute atomic E-state index is 0.0166. The lowest BCUT2D eigenvalue weighted by Crippen LogP contribution is -2.27. The van der Waals surface area contributed by atoms with Crippen molar-refractivity contribution in [1.82, 2.24) is 5.32 Å². The van der Waals surface area contributed by atoms with Crippen LogP contribution in [0, 0.1) is 13.8 Å². The molecular formula is C16H21NO2. The quantitative estimate of drug-likeness (QED) is 0.866. The molecule has 1 aromatic carbocycles. The Morgan fingerprint density at radius 3 is 2.58 bits per heavy atom. The van der Waals surface area contributed by atoms with Crippen LogP contribution in [0.15, 0.2) is 41.0 Å². The van der Waals surface area contributed by atoms with E-state index in [0.29, 0.717) is 0 Å². The van der Waals surface area contributed by atoms with Crippen LogP contribution in [0.2, 0.25) is 0 Å². The van der Waals surface area contributed by atoms with Crippen molar-refractivity contribution in [2.75, 3.05) is 6.61 Å². The van der Waals surface area contributed by atoms with Gasteiger partial charge in [-0.3, -0.25) is 5.32 Å². The third-order valence-electron chi connectivity index (χ3n) is 3.55. The number of hydrogen-bond donors (Lipinski definition) is 2. The highest BCUT2D eigenvalue weighted by Gasteiger charge is 2.16. The van der Waals surface area contributed by atoms with Crippen molar-refractivity contribution in [3.63, 3.8) is 0 Å². The summed E-state index contributed by atoms with van der Waals surface area (Å²) in [6.45, 7) is 6.33. The second kappa shape index (κ2) is 6.04. The molecule has 0 spiro atoms. The van der Waals surface area contributed by atoms with Crippen LogP contribution in [0.3, 0.4) is 0 Å². The molecule has 0 aliphatic heterocycles. The topological polar surface area (TPSA) is 45.4 Å². The molecule has 0 aliphatic rings. The van der Waals surface area contributed by atoms with Crippen LogP contribution in [0.1, 0.15) is 41.5 Å². The van der Waals surface area contributed by atoms with E-state index in [1.54, 1.807) is 6.26 Å². The molecule has 3 heteroatoms. The van der Waals surface area contributed by atoms with Gasteiger partial charge in [0.1, 0.15) is 5.76 Å². The Bertz CT molecular complexity index is 520. The fraction of sp³-hybridized carbons (Fsp3) is 0.375. The number of rotatable bonds is 5. The predicted octanol–water partition coefficient (Wildman–Crippen LogP) is 3.28. The van der Waals surface area contributed by atoms with E-state index < -0.39 is 0 Å². The Balaban J connectivity index is 2.11. The third-order valence-corrected chi connectivity index (χ3v) is 3.55. The maximum Gasteiger partial charge on any atom is 0.123 e. The van der Waals surface area contributed by atoms with Crippen molar-refractivity contribution in [2.24, 2.45) is 0 Å². The summed E-state index contributed by atoms with van der Waals surface area (Å²) in [4.78, 5) is 0. The van der Waals surface area contributed by atoms with E-state index in [1.165, 1.54) is 16.7 Å². The molecule has 19 heavy (non-hydrogen) atoms. The van der Waals surface area contributed by atoms with Gasteiger partial charge in [-0.05, 0) is 49.6 Å². The standard InChI is InChI=1S/C16H21NO2/c1-11-6-7-14(9-12(11)2)13(3)17-15(10-18)16-5-4-8-19-16/h4-9,13,15,17-18H,10H2,1-3H3. The fourth-order valence-corrected chi connectivity index (χ4v) is 2.15. The first-order chi connectivity index (χ1) is 9.11. The summed E-state index contributed by atoms with van der Waals surface area (Å²) in [6, 6.07) is 10.1. The van der Waals surface area contributed by atoms with E-state index in [2.05, 4.69) is 44.3 Å². The molecule has 102 valence electrons. The van der Waals surface area contributed by atoms with Gasteiger partial charge in [-0.2, -0.15) is 0 Å². The highest BCUT2D eigenvalue weighted by molar-refractivity contribution is 5.31. The van der Waals surface area contributed by atoms with Gasteiger partial charge < -0.3 is 9.52 Å². The van der Waals surface area contributed by atoms with E-state index in [9.17, 15) is 5.11 Å². The van der Waals surface area contributed by atoms with Crippen molar-refractivity contribution in [1.29, 1.82) is 0 Å². The molecule has 3 nitrogen and oxygen atoms in total. The van der Waals surface area contributed by atoms with Gasteiger partial charge in [0.2, 0.25) is 0 Å². The Kier molecular flexibility index (Phi) is 4.40. The summed E-state index contributed by atoms with van der Waals surface area (Å²) in [5, 5.41) is 12.9. The van der Waals surface area contributed by atoms with Crippen molar-refractivity contribution in [3.05, 3.63) is 59.0 Å². The van der Waals surface area contributed by atoms with Crippen LogP contribution < -0.4 is 5.32 Å².